The van der Waals surface area contributed by atoms with Crippen molar-refractivity contribution in [3.63, 3.8) is 0 Å². The van der Waals surface area contributed by atoms with Crippen LogP contribution in [0.15, 0.2) is 28.8 Å². The largest absolute Gasteiger partial charge is 0.399 e. The summed E-state index contributed by atoms with van der Waals surface area (Å²) in [6, 6.07) is 7.55. The minimum absolute atomic E-state index is 0.109. The first-order valence-electron chi connectivity index (χ1n) is 6.63. The minimum Gasteiger partial charge on any atom is -0.399 e. The van der Waals surface area contributed by atoms with Crippen molar-refractivity contribution in [2.75, 3.05) is 12.8 Å². The first-order valence-corrected chi connectivity index (χ1v) is 6.63. The van der Waals surface area contributed by atoms with Gasteiger partial charge in [-0.1, -0.05) is 30.6 Å². The fourth-order valence-corrected chi connectivity index (χ4v) is 1.83. The monoisotopic (exact) mass is 273 g/mol. The van der Waals surface area contributed by atoms with E-state index in [1.54, 1.807) is 13.2 Å². The van der Waals surface area contributed by atoms with Crippen molar-refractivity contribution in [2.24, 2.45) is 0 Å². The second kappa shape index (κ2) is 6.86. The second-order valence-electron chi connectivity index (χ2n) is 4.50. The van der Waals surface area contributed by atoms with E-state index in [0.717, 1.165) is 24.1 Å². The number of aromatic nitrogens is 2. The molecule has 0 fully saturated rings. The van der Waals surface area contributed by atoms with E-state index in [-0.39, 0.29) is 6.10 Å². The van der Waals surface area contributed by atoms with E-state index in [2.05, 4.69) is 17.1 Å². The molecule has 2 rings (SSSR count). The smallest absolute Gasteiger partial charge is 0.250 e. The van der Waals surface area contributed by atoms with E-state index in [0.29, 0.717) is 11.7 Å². The molecule has 2 N–H and O–H groups in total. The maximum absolute atomic E-state index is 5.64. The molecule has 1 aromatic carbocycles. The summed E-state index contributed by atoms with van der Waals surface area (Å²) in [6.45, 7) is 2.09. The minimum atomic E-state index is -0.109. The highest BCUT2D eigenvalue weighted by Crippen LogP contribution is 2.19. The number of hydrogen-bond acceptors (Lipinski definition) is 5. The molecule has 0 saturated heterocycles. The van der Waals surface area contributed by atoms with Crippen molar-refractivity contribution in [1.82, 2.24) is 10.1 Å². The van der Waals surface area contributed by atoms with Crippen molar-refractivity contribution >= 4 is 17.8 Å². The van der Waals surface area contributed by atoms with Crippen molar-refractivity contribution < 1.29 is 9.26 Å². The number of anilines is 1. The Morgan fingerprint density at radius 1 is 1.30 bits per heavy atom. The third-order valence-corrected chi connectivity index (χ3v) is 2.94. The van der Waals surface area contributed by atoms with Gasteiger partial charge in [-0.3, -0.25) is 0 Å². The molecule has 0 aliphatic heterocycles. The Hall–Kier alpha value is -2.14. The molecular formula is C15H19N3O2. The van der Waals surface area contributed by atoms with Gasteiger partial charge in [-0.05, 0) is 30.2 Å². The van der Waals surface area contributed by atoms with Crippen molar-refractivity contribution in [3.8, 4) is 0 Å². The van der Waals surface area contributed by atoms with Crippen molar-refractivity contribution in [2.45, 2.75) is 25.9 Å². The van der Waals surface area contributed by atoms with E-state index in [9.17, 15) is 0 Å². The molecule has 1 aromatic heterocycles. The molecule has 20 heavy (non-hydrogen) atoms. The third kappa shape index (κ3) is 3.68. The summed E-state index contributed by atoms with van der Waals surface area (Å²) in [5, 5.41) is 3.95. The van der Waals surface area contributed by atoms with Crippen LogP contribution in [0.4, 0.5) is 5.69 Å². The van der Waals surface area contributed by atoms with E-state index in [4.69, 9.17) is 15.0 Å². The van der Waals surface area contributed by atoms with Crippen LogP contribution in [0.2, 0.25) is 0 Å². The summed E-state index contributed by atoms with van der Waals surface area (Å²) in [6.07, 6.45) is 5.45. The summed E-state index contributed by atoms with van der Waals surface area (Å²) >= 11 is 0. The number of benzene rings is 1. The molecule has 0 aliphatic carbocycles. The van der Waals surface area contributed by atoms with Crippen LogP contribution in [0, 0.1) is 0 Å². The quantitative estimate of drug-likeness (QED) is 0.817. The van der Waals surface area contributed by atoms with Crippen LogP contribution in [0.25, 0.3) is 12.2 Å². The Kier molecular flexibility index (Phi) is 4.90. The molecule has 1 heterocycles. The molecule has 1 unspecified atom stereocenters. The van der Waals surface area contributed by atoms with Gasteiger partial charge in [0.15, 0.2) is 0 Å². The molecule has 2 aromatic rings. The molecule has 0 saturated carbocycles. The molecule has 0 aliphatic rings. The number of methoxy groups -OCH3 is 1. The molecule has 1 atom stereocenters. The number of hydrogen-bond donors (Lipinski definition) is 1. The molecule has 106 valence electrons. The van der Waals surface area contributed by atoms with Crippen LogP contribution < -0.4 is 5.73 Å². The number of nitrogens with zero attached hydrogens (tertiary/aromatic N) is 2. The zero-order valence-corrected chi connectivity index (χ0v) is 11.7. The lowest BCUT2D eigenvalue weighted by molar-refractivity contribution is 0.0854. The van der Waals surface area contributed by atoms with E-state index >= 15 is 0 Å². The zero-order chi connectivity index (χ0) is 14.4. The van der Waals surface area contributed by atoms with Crippen LogP contribution >= 0.6 is 0 Å². The van der Waals surface area contributed by atoms with Gasteiger partial charge in [0.05, 0.1) is 0 Å². The van der Waals surface area contributed by atoms with Gasteiger partial charge in [-0.15, -0.1) is 0 Å². The Morgan fingerprint density at radius 3 is 2.70 bits per heavy atom. The maximum Gasteiger partial charge on any atom is 0.250 e. The first-order chi connectivity index (χ1) is 9.72. The van der Waals surface area contributed by atoms with Gasteiger partial charge in [0.2, 0.25) is 5.82 Å². The topological polar surface area (TPSA) is 74.2 Å². The predicted molar refractivity (Wildman–Crippen MR) is 78.7 cm³/mol. The summed E-state index contributed by atoms with van der Waals surface area (Å²) in [5.41, 5.74) is 7.40. The van der Waals surface area contributed by atoms with Gasteiger partial charge < -0.3 is 15.0 Å². The van der Waals surface area contributed by atoms with Crippen LogP contribution in [0.3, 0.4) is 0 Å². The lowest BCUT2D eigenvalue weighted by Crippen LogP contribution is -2.03. The van der Waals surface area contributed by atoms with Gasteiger partial charge in [0.1, 0.15) is 6.10 Å². The lowest BCUT2D eigenvalue weighted by atomic mass is 10.2. The first kappa shape index (κ1) is 14.3. The highest BCUT2D eigenvalue weighted by atomic mass is 16.5. The summed E-state index contributed by atoms with van der Waals surface area (Å²) < 4.78 is 10.5. The molecule has 0 amide bonds. The number of nitrogens with two attached hydrogens (primary N) is 1. The molecule has 5 heteroatoms. The Balaban J connectivity index is 2.07. The molecular weight excluding hydrogens is 254 g/mol. The molecule has 0 bridgehead atoms. The Morgan fingerprint density at radius 2 is 2.05 bits per heavy atom. The second-order valence-corrected chi connectivity index (χ2v) is 4.50. The fraction of sp³-hybridized carbons (Fsp3) is 0.333. The van der Waals surface area contributed by atoms with Crippen LogP contribution in [0.1, 0.15) is 43.1 Å². The van der Waals surface area contributed by atoms with E-state index in [1.807, 2.05) is 30.3 Å². The highest BCUT2D eigenvalue weighted by Gasteiger charge is 2.15. The summed E-state index contributed by atoms with van der Waals surface area (Å²) in [5.74, 6) is 1.06. The van der Waals surface area contributed by atoms with Gasteiger partial charge in [-0.2, -0.15) is 4.98 Å². The lowest BCUT2D eigenvalue weighted by Gasteiger charge is -2.08. The third-order valence-electron chi connectivity index (χ3n) is 2.94. The molecule has 5 nitrogen and oxygen atoms in total. The van der Waals surface area contributed by atoms with Crippen molar-refractivity contribution in [3.05, 3.63) is 41.5 Å². The predicted octanol–water partition coefficient (Wildman–Crippen LogP) is 3.31. The number of nitrogen functional groups attached to an aromatic ring is 1. The Labute approximate surface area is 118 Å². The van der Waals surface area contributed by atoms with Gasteiger partial charge in [0.25, 0.3) is 5.89 Å². The summed E-state index contributed by atoms with van der Waals surface area (Å²) in [7, 11) is 1.65. The number of ether oxygens (including phenoxy) is 1. The Bertz CT molecular complexity index is 561. The molecule has 0 spiro atoms. The van der Waals surface area contributed by atoms with E-state index in [1.165, 1.54) is 0 Å². The SMILES string of the molecule is CCCC(OC)c1noc(/C=C/c2ccc(N)cc2)n1. The zero-order valence-electron chi connectivity index (χ0n) is 11.7. The standard InChI is InChI=1S/C15H19N3O2/c1-3-4-13(19-2)15-17-14(20-18-15)10-7-11-5-8-12(16)9-6-11/h5-10,13H,3-4,16H2,1-2H3/b10-7+. The van der Waals surface area contributed by atoms with Crippen LogP contribution in [0.5, 0.6) is 0 Å². The average molecular weight is 273 g/mol. The van der Waals surface area contributed by atoms with Gasteiger partial charge in [-0.25, -0.2) is 0 Å². The maximum atomic E-state index is 5.64. The van der Waals surface area contributed by atoms with E-state index < -0.39 is 0 Å². The van der Waals surface area contributed by atoms with Crippen LogP contribution in [-0.4, -0.2) is 17.3 Å². The number of rotatable bonds is 6. The normalized spacial score (nSPS) is 12.9. The fourth-order valence-electron chi connectivity index (χ4n) is 1.83. The average Bonchev–Trinajstić information content (AvgIpc) is 2.93. The highest BCUT2D eigenvalue weighted by molar-refractivity contribution is 5.66. The van der Waals surface area contributed by atoms with Gasteiger partial charge >= 0.3 is 0 Å². The van der Waals surface area contributed by atoms with Gasteiger partial charge in [0, 0.05) is 18.9 Å². The van der Waals surface area contributed by atoms with Crippen LogP contribution in [-0.2, 0) is 4.74 Å². The molecule has 0 radical (unpaired) electrons. The van der Waals surface area contributed by atoms with Crippen molar-refractivity contribution in [1.29, 1.82) is 0 Å². The summed E-state index contributed by atoms with van der Waals surface area (Å²) in [4.78, 5) is 4.32.